The van der Waals surface area contributed by atoms with Gasteiger partial charge >= 0.3 is 0 Å². The summed E-state index contributed by atoms with van der Waals surface area (Å²) in [4.78, 5) is 0. The summed E-state index contributed by atoms with van der Waals surface area (Å²) in [5.41, 5.74) is 13.4. The van der Waals surface area contributed by atoms with Gasteiger partial charge < -0.3 is 16.2 Å². The summed E-state index contributed by atoms with van der Waals surface area (Å²) >= 11 is 1.74. The third-order valence-corrected chi connectivity index (χ3v) is 4.67. The average molecular weight is 248 g/mol. The van der Waals surface area contributed by atoms with Crippen molar-refractivity contribution in [3.05, 3.63) is 35.2 Å². The quantitative estimate of drug-likeness (QED) is 0.871. The van der Waals surface area contributed by atoms with Gasteiger partial charge in [0.1, 0.15) is 0 Å². The van der Waals surface area contributed by atoms with Crippen LogP contribution in [0, 0.1) is 5.41 Å². The Labute approximate surface area is 104 Å². The molecule has 90 valence electrons. The summed E-state index contributed by atoms with van der Waals surface area (Å²) in [5, 5.41) is 3.41. The molecule has 1 aromatic carbocycles. The van der Waals surface area contributed by atoms with Crippen LogP contribution >= 0.6 is 11.3 Å². The molecule has 1 fully saturated rings. The number of hydrogen-bond acceptors (Lipinski definition) is 4. The molecular formula is C13H16N2OS. The number of nitrogens with two attached hydrogens (primary N) is 2. The van der Waals surface area contributed by atoms with E-state index in [2.05, 4.69) is 29.6 Å². The van der Waals surface area contributed by atoms with Gasteiger partial charge in [-0.15, -0.1) is 11.3 Å². The highest BCUT2D eigenvalue weighted by Gasteiger charge is 2.44. The van der Waals surface area contributed by atoms with Crippen LogP contribution in [0.15, 0.2) is 29.6 Å². The van der Waals surface area contributed by atoms with E-state index in [1.165, 1.54) is 15.6 Å². The minimum Gasteiger partial charge on any atom is -0.380 e. The molecule has 0 spiro atoms. The topological polar surface area (TPSA) is 61.3 Å². The van der Waals surface area contributed by atoms with Crippen molar-refractivity contribution in [1.82, 2.24) is 0 Å². The third-order valence-electron chi connectivity index (χ3n) is 3.69. The average Bonchev–Trinajstić information content (AvgIpc) is 2.71. The molecule has 0 saturated carbocycles. The van der Waals surface area contributed by atoms with Crippen molar-refractivity contribution in [2.75, 3.05) is 19.8 Å². The third kappa shape index (κ3) is 1.60. The van der Waals surface area contributed by atoms with E-state index < -0.39 is 0 Å². The first-order chi connectivity index (χ1) is 8.27. The van der Waals surface area contributed by atoms with Crippen molar-refractivity contribution in [3.63, 3.8) is 0 Å². The fourth-order valence-electron chi connectivity index (χ4n) is 2.36. The molecule has 2 aromatic rings. The smallest absolute Gasteiger partial charge is 0.0575 e. The summed E-state index contributed by atoms with van der Waals surface area (Å²) in [6.07, 6.45) is 0. The number of benzene rings is 1. The maximum atomic E-state index is 6.40. The summed E-state index contributed by atoms with van der Waals surface area (Å²) in [6.45, 7) is 1.93. The highest BCUT2D eigenvalue weighted by molar-refractivity contribution is 7.17. The number of fused-ring (bicyclic) bond motifs is 1. The lowest BCUT2D eigenvalue weighted by Gasteiger charge is -2.44. The Kier molecular flexibility index (Phi) is 2.67. The molecule has 0 amide bonds. The molecule has 1 unspecified atom stereocenters. The molecule has 1 aromatic heterocycles. The second-order valence-corrected chi connectivity index (χ2v) is 5.64. The predicted octanol–water partition coefficient (Wildman–Crippen LogP) is 1.88. The zero-order valence-corrected chi connectivity index (χ0v) is 10.4. The molecule has 3 rings (SSSR count). The Balaban J connectivity index is 2.03. The monoisotopic (exact) mass is 248 g/mol. The van der Waals surface area contributed by atoms with E-state index in [9.17, 15) is 0 Å². The zero-order chi connectivity index (χ0) is 11.9. The Morgan fingerprint density at radius 1 is 1.35 bits per heavy atom. The Bertz CT molecular complexity index is 527. The van der Waals surface area contributed by atoms with E-state index in [0.29, 0.717) is 19.8 Å². The van der Waals surface area contributed by atoms with Gasteiger partial charge in [-0.2, -0.15) is 0 Å². The summed E-state index contributed by atoms with van der Waals surface area (Å²) < 4.78 is 6.59. The van der Waals surface area contributed by atoms with Crippen molar-refractivity contribution < 1.29 is 4.74 Å². The van der Waals surface area contributed by atoms with E-state index in [4.69, 9.17) is 16.2 Å². The van der Waals surface area contributed by atoms with Crippen LogP contribution in [0.25, 0.3) is 10.1 Å². The fourth-order valence-corrected chi connectivity index (χ4v) is 3.36. The van der Waals surface area contributed by atoms with Crippen LogP contribution in [0.5, 0.6) is 0 Å². The molecule has 0 aliphatic carbocycles. The standard InChI is InChI=1S/C13H16N2OS/c14-6-13(7-16-8-13)12(15)10-5-17-11-4-2-1-3-9(10)11/h1-5,12H,6-8,14-15H2. The first-order valence-corrected chi connectivity index (χ1v) is 6.64. The lowest BCUT2D eigenvalue weighted by atomic mass is 9.75. The van der Waals surface area contributed by atoms with Crippen LogP contribution in [-0.2, 0) is 4.74 Å². The van der Waals surface area contributed by atoms with Crippen LogP contribution in [0.2, 0.25) is 0 Å². The molecule has 17 heavy (non-hydrogen) atoms. The molecule has 2 heterocycles. The predicted molar refractivity (Wildman–Crippen MR) is 71.1 cm³/mol. The zero-order valence-electron chi connectivity index (χ0n) is 9.56. The van der Waals surface area contributed by atoms with Gasteiger partial charge in [-0.05, 0) is 22.4 Å². The molecule has 1 atom stereocenters. The van der Waals surface area contributed by atoms with Crippen LogP contribution in [-0.4, -0.2) is 19.8 Å². The van der Waals surface area contributed by atoms with Gasteiger partial charge in [0, 0.05) is 22.7 Å². The Hall–Kier alpha value is -0.940. The molecule has 0 radical (unpaired) electrons. The highest BCUT2D eigenvalue weighted by atomic mass is 32.1. The lowest BCUT2D eigenvalue weighted by molar-refractivity contribution is -0.121. The summed E-state index contributed by atoms with van der Waals surface area (Å²) in [6, 6.07) is 8.34. The van der Waals surface area contributed by atoms with Gasteiger partial charge in [0.2, 0.25) is 0 Å². The maximum absolute atomic E-state index is 6.40. The number of ether oxygens (including phenoxy) is 1. The minimum atomic E-state index is -0.0656. The molecule has 4 N–H and O–H groups in total. The van der Waals surface area contributed by atoms with Crippen LogP contribution < -0.4 is 11.5 Å². The summed E-state index contributed by atoms with van der Waals surface area (Å²) in [5.74, 6) is 0. The molecule has 1 aliphatic rings. The van der Waals surface area contributed by atoms with Crippen molar-refractivity contribution in [3.8, 4) is 0 Å². The van der Waals surface area contributed by atoms with Gasteiger partial charge in [-0.1, -0.05) is 18.2 Å². The van der Waals surface area contributed by atoms with Crippen LogP contribution in [0.3, 0.4) is 0 Å². The number of hydrogen-bond donors (Lipinski definition) is 2. The minimum absolute atomic E-state index is 0.0302. The second kappa shape index (κ2) is 4.07. The SMILES string of the molecule is NCC1(C(N)c2csc3ccccc23)COC1. The van der Waals surface area contributed by atoms with Crippen molar-refractivity contribution in [1.29, 1.82) is 0 Å². The van der Waals surface area contributed by atoms with Gasteiger partial charge in [0.25, 0.3) is 0 Å². The van der Waals surface area contributed by atoms with Crippen LogP contribution in [0.1, 0.15) is 11.6 Å². The van der Waals surface area contributed by atoms with Crippen LogP contribution in [0.4, 0.5) is 0 Å². The summed E-state index contributed by atoms with van der Waals surface area (Å²) in [7, 11) is 0. The van der Waals surface area contributed by atoms with E-state index in [0.717, 1.165) is 0 Å². The Morgan fingerprint density at radius 2 is 2.12 bits per heavy atom. The van der Waals surface area contributed by atoms with E-state index in [1.807, 2.05) is 0 Å². The molecule has 1 saturated heterocycles. The molecule has 4 heteroatoms. The van der Waals surface area contributed by atoms with E-state index in [-0.39, 0.29) is 11.5 Å². The number of rotatable bonds is 3. The van der Waals surface area contributed by atoms with Crippen molar-refractivity contribution in [2.24, 2.45) is 16.9 Å². The molecule has 0 bridgehead atoms. The molecular weight excluding hydrogens is 232 g/mol. The van der Waals surface area contributed by atoms with Gasteiger partial charge in [-0.25, -0.2) is 0 Å². The largest absolute Gasteiger partial charge is 0.380 e. The van der Waals surface area contributed by atoms with Gasteiger partial charge in [0.05, 0.1) is 13.2 Å². The molecule has 3 nitrogen and oxygen atoms in total. The first-order valence-electron chi connectivity index (χ1n) is 5.76. The Morgan fingerprint density at radius 3 is 2.76 bits per heavy atom. The maximum Gasteiger partial charge on any atom is 0.0575 e. The second-order valence-electron chi connectivity index (χ2n) is 4.72. The van der Waals surface area contributed by atoms with E-state index in [1.54, 1.807) is 11.3 Å². The first kappa shape index (κ1) is 11.2. The van der Waals surface area contributed by atoms with E-state index >= 15 is 0 Å². The highest BCUT2D eigenvalue weighted by Crippen LogP contribution is 2.41. The van der Waals surface area contributed by atoms with Crippen molar-refractivity contribution >= 4 is 21.4 Å². The lowest BCUT2D eigenvalue weighted by Crippen LogP contribution is -2.54. The molecule has 1 aliphatic heterocycles. The normalized spacial score (nSPS) is 20.1. The van der Waals surface area contributed by atoms with Gasteiger partial charge in [0.15, 0.2) is 0 Å². The number of thiophene rings is 1. The van der Waals surface area contributed by atoms with Crippen molar-refractivity contribution in [2.45, 2.75) is 6.04 Å². The van der Waals surface area contributed by atoms with Gasteiger partial charge in [-0.3, -0.25) is 0 Å². The fraction of sp³-hybridized carbons (Fsp3) is 0.385.